The Balaban J connectivity index is 1.73. The maximum Gasteiger partial charge on any atom is 0.292 e. The lowest BCUT2D eigenvalue weighted by Crippen LogP contribution is -2.26. The SMILES string of the molecule is CC(C)NCCCc1nc(C(=O)NC2CC2)no1. The molecule has 1 aliphatic carbocycles. The molecule has 0 spiro atoms. The van der Waals surface area contributed by atoms with E-state index >= 15 is 0 Å². The molecule has 0 unspecified atom stereocenters. The summed E-state index contributed by atoms with van der Waals surface area (Å²) in [5.74, 6) is 0.447. The number of amides is 1. The molecule has 0 saturated heterocycles. The number of aromatic nitrogens is 2. The second-order valence-electron chi connectivity index (χ2n) is 4.97. The summed E-state index contributed by atoms with van der Waals surface area (Å²) in [6, 6.07) is 0.794. The molecule has 0 bridgehead atoms. The van der Waals surface area contributed by atoms with E-state index in [1.807, 2.05) is 0 Å². The van der Waals surface area contributed by atoms with E-state index in [1.165, 1.54) is 0 Å². The van der Waals surface area contributed by atoms with Gasteiger partial charge in [0.15, 0.2) is 0 Å². The molecule has 1 fully saturated rings. The van der Waals surface area contributed by atoms with Crippen LogP contribution in [0.3, 0.4) is 0 Å². The quantitative estimate of drug-likeness (QED) is 0.704. The van der Waals surface area contributed by atoms with Crippen LogP contribution in [-0.4, -0.2) is 34.7 Å². The number of hydrogen-bond acceptors (Lipinski definition) is 5. The highest BCUT2D eigenvalue weighted by Crippen LogP contribution is 2.18. The summed E-state index contributed by atoms with van der Waals surface area (Å²) < 4.78 is 5.05. The maximum absolute atomic E-state index is 11.6. The number of rotatable bonds is 7. The topological polar surface area (TPSA) is 80.0 Å². The fourth-order valence-electron chi connectivity index (χ4n) is 1.56. The molecule has 2 rings (SSSR count). The second kappa shape index (κ2) is 5.95. The van der Waals surface area contributed by atoms with E-state index < -0.39 is 0 Å². The van der Waals surface area contributed by atoms with Crippen molar-refractivity contribution in [3.05, 3.63) is 11.7 Å². The van der Waals surface area contributed by atoms with Crippen molar-refractivity contribution in [2.45, 2.75) is 51.6 Å². The van der Waals surface area contributed by atoms with Gasteiger partial charge in [-0.3, -0.25) is 4.79 Å². The maximum atomic E-state index is 11.6. The molecule has 18 heavy (non-hydrogen) atoms. The zero-order valence-corrected chi connectivity index (χ0v) is 10.9. The second-order valence-corrected chi connectivity index (χ2v) is 4.97. The van der Waals surface area contributed by atoms with Gasteiger partial charge in [0.2, 0.25) is 5.89 Å². The van der Waals surface area contributed by atoms with Crippen molar-refractivity contribution in [1.82, 2.24) is 20.8 Å². The van der Waals surface area contributed by atoms with Crippen molar-refractivity contribution in [3.8, 4) is 0 Å². The Kier molecular flexibility index (Phi) is 4.30. The summed E-state index contributed by atoms with van der Waals surface area (Å²) in [4.78, 5) is 15.7. The highest BCUT2D eigenvalue weighted by atomic mass is 16.5. The molecule has 0 aliphatic heterocycles. The minimum atomic E-state index is -0.229. The van der Waals surface area contributed by atoms with Crippen molar-refractivity contribution in [3.63, 3.8) is 0 Å². The van der Waals surface area contributed by atoms with Crippen LogP contribution >= 0.6 is 0 Å². The molecule has 1 aromatic rings. The highest BCUT2D eigenvalue weighted by Gasteiger charge is 2.25. The van der Waals surface area contributed by atoms with Crippen LogP contribution in [-0.2, 0) is 6.42 Å². The Morgan fingerprint density at radius 2 is 2.28 bits per heavy atom. The lowest BCUT2D eigenvalue weighted by Gasteiger charge is -2.05. The van der Waals surface area contributed by atoms with E-state index in [9.17, 15) is 4.79 Å². The van der Waals surface area contributed by atoms with Crippen LogP contribution in [0.5, 0.6) is 0 Å². The Bertz CT molecular complexity index is 399. The average Bonchev–Trinajstić information content (AvgIpc) is 3.00. The fourth-order valence-corrected chi connectivity index (χ4v) is 1.56. The number of hydrogen-bond donors (Lipinski definition) is 2. The predicted octanol–water partition coefficient (Wildman–Crippen LogP) is 0.892. The van der Waals surface area contributed by atoms with E-state index in [0.29, 0.717) is 24.4 Å². The first-order valence-corrected chi connectivity index (χ1v) is 6.52. The predicted molar refractivity (Wildman–Crippen MR) is 66.2 cm³/mol. The van der Waals surface area contributed by atoms with Gasteiger partial charge in [-0.05, 0) is 25.8 Å². The van der Waals surface area contributed by atoms with E-state index in [1.54, 1.807) is 0 Å². The zero-order chi connectivity index (χ0) is 13.0. The molecular weight excluding hydrogens is 232 g/mol. The summed E-state index contributed by atoms with van der Waals surface area (Å²) in [5, 5.41) is 9.83. The van der Waals surface area contributed by atoms with Gasteiger partial charge in [0.05, 0.1) is 0 Å². The molecule has 2 N–H and O–H groups in total. The van der Waals surface area contributed by atoms with Crippen molar-refractivity contribution >= 4 is 5.91 Å². The third kappa shape index (κ3) is 4.10. The van der Waals surface area contributed by atoms with Crippen LogP contribution in [0.4, 0.5) is 0 Å². The molecule has 1 aromatic heterocycles. The Morgan fingerprint density at radius 1 is 1.50 bits per heavy atom. The Hall–Kier alpha value is -1.43. The summed E-state index contributed by atoms with van der Waals surface area (Å²) in [5.41, 5.74) is 0. The largest absolute Gasteiger partial charge is 0.346 e. The van der Waals surface area contributed by atoms with Crippen molar-refractivity contribution in [2.24, 2.45) is 0 Å². The monoisotopic (exact) mass is 252 g/mol. The van der Waals surface area contributed by atoms with Gasteiger partial charge in [0.1, 0.15) is 0 Å². The van der Waals surface area contributed by atoms with Gasteiger partial charge in [-0.2, -0.15) is 4.98 Å². The molecule has 6 heteroatoms. The van der Waals surface area contributed by atoms with Gasteiger partial charge in [-0.25, -0.2) is 0 Å². The number of carbonyl (C=O) groups is 1. The number of nitrogens with one attached hydrogen (secondary N) is 2. The van der Waals surface area contributed by atoms with Crippen LogP contribution < -0.4 is 10.6 Å². The van der Waals surface area contributed by atoms with Gasteiger partial charge in [-0.1, -0.05) is 19.0 Å². The van der Waals surface area contributed by atoms with E-state index in [-0.39, 0.29) is 11.7 Å². The minimum Gasteiger partial charge on any atom is -0.346 e. The first-order valence-electron chi connectivity index (χ1n) is 6.52. The lowest BCUT2D eigenvalue weighted by atomic mass is 10.3. The molecular formula is C12H20N4O2. The summed E-state index contributed by atoms with van der Waals surface area (Å²) in [6.45, 7) is 5.11. The van der Waals surface area contributed by atoms with E-state index in [4.69, 9.17) is 4.52 Å². The van der Waals surface area contributed by atoms with Crippen LogP contribution in [0.1, 0.15) is 49.6 Å². The Labute approximate surface area is 107 Å². The van der Waals surface area contributed by atoms with E-state index in [2.05, 4.69) is 34.6 Å². The molecule has 1 heterocycles. The number of aryl methyl sites for hydroxylation is 1. The smallest absolute Gasteiger partial charge is 0.292 e. The Morgan fingerprint density at radius 3 is 2.94 bits per heavy atom. The molecule has 100 valence electrons. The first-order chi connectivity index (χ1) is 8.65. The van der Waals surface area contributed by atoms with Crippen LogP contribution in [0.2, 0.25) is 0 Å². The van der Waals surface area contributed by atoms with Crippen LogP contribution in [0.25, 0.3) is 0 Å². The molecule has 6 nitrogen and oxygen atoms in total. The van der Waals surface area contributed by atoms with Crippen molar-refractivity contribution < 1.29 is 9.32 Å². The minimum absolute atomic E-state index is 0.147. The molecule has 1 aliphatic rings. The standard InChI is InChI=1S/C12H20N4O2/c1-8(2)13-7-3-4-10-15-11(16-18-10)12(17)14-9-5-6-9/h8-9,13H,3-7H2,1-2H3,(H,14,17). The fraction of sp³-hybridized carbons (Fsp3) is 0.750. The highest BCUT2D eigenvalue weighted by molar-refractivity contribution is 5.90. The molecule has 1 amide bonds. The van der Waals surface area contributed by atoms with Crippen LogP contribution in [0, 0.1) is 0 Å². The number of carbonyl (C=O) groups excluding carboxylic acids is 1. The summed E-state index contributed by atoms with van der Waals surface area (Å²) >= 11 is 0. The molecule has 0 aromatic carbocycles. The van der Waals surface area contributed by atoms with Crippen LogP contribution in [0.15, 0.2) is 4.52 Å². The van der Waals surface area contributed by atoms with E-state index in [0.717, 1.165) is 25.8 Å². The van der Waals surface area contributed by atoms with Gasteiger partial charge in [-0.15, -0.1) is 0 Å². The normalized spacial score (nSPS) is 15.1. The van der Waals surface area contributed by atoms with Crippen molar-refractivity contribution in [1.29, 1.82) is 0 Å². The van der Waals surface area contributed by atoms with Gasteiger partial charge in [0.25, 0.3) is 11.7 Å². The third-order valence-corrected chi connectivity index (χ3v) is 2.70. The lowest BCUT2D eigenvalue weighted by molar-refractivity contribution is 0.0937. The summed E-state index contributed by atoms with van der Waals surface area (Å²) in [7, 11) is 0. The first kappa shape index (κ1) is 13.0. The summed E-state index contributed by atoms with van der Waals surface area (Å²) in [6.07, 6.45) is 3.72. The number of nitrogens with zero attached hydrogens (tertiary/aromatic N) is 2. The van der Waals surface area contributed by atoms with Gasteiger partial charge < -0.3 is 15.2 Å². The third-order valence-electron chi connectivity index (χ3n) is 2.70. The average molecular weight is 252 g/mol. The van der Waals surface area contributed by atoms with Gasteiger partial charge in [0, 0.05) is 18.5 Å². The van der Waals surface area contributed by atoms with Gasteiger partial charge >= 0.3 is 0 Å². The zero-order valence-electron chi connectivity index (χ0n) is 10.9. The molecule has 1 saturated carbocycles. The van der Waals surface area contributed by atoms with Crippen molar-refractivity contribution in [2.75, 3.05) is 6.54 Å². The molecule has 0 radical (unpaired) electrons. The molecule has 0 atom stereocenters.